The number of piperidine rings is 1. The summed E-state index contributed by atoms with van der Waals surface area (Å²) >= 11 is 1.75. The van der Waals surface area contributed by atoms with Gasteiger partial charge in [0.15, 0.2) is 0 Å². The Balaban J connectivity index is 2.00. The number of thiazole rings is 1. The molecule has 0 bridgehead atoms. The highest BCUT2D eigenvalue weighted by Crippen LogP contribution is 2.27. The Labute approximate surface area is 88.2 Å². The topological polar surface area (TPSA) is 45.2 Å². The van der Waals surface area contributed by atoms with E-state index < -0.39 is 0 Å². The lowest BCUT2D eigenvalue weighted by Gasteiger charge is -2.20. The normalized spacial score (nSPS) is 22.5. The van der Waals surface area contributed by atoms with E-state index in [4.69, 9.17) is 5.11 Å². The fraction of sp³-hybridized carbons (Fsp3) is 0.700. The molecule has 1 aromatic rings. The van der Waals surface area contributed by atoms with Crippen LogP contribution in [0.25, 0.3) is 0 Å². The molecule has 1 aromatic heterocycles. The van der Waals surface area contributed by atoms with Crippen molar-refractivity contribution in [3.05, 3.63) is 16.1 Å². The van der Waals surface area contributed by atoms with Crippen LogP contribution in [-0.2, 0) is 6.42 Å². The molecule has 0 aromatic carbocycles. The maximum absolute atomic E-state index is 8.81. The zero-order valence-electron chi connectivity index (χ0n) is 8.20. The van der Waals surface area contributed by atoms with E-state index in [0.717, 1.165) is 19.5 Å². The Morgan fingerprint density at radius 1 is 1.64 bits per heavy atom. The van der Waals surface area contributed by atoms with E-state index in [1.54, 1.807) is 11.3 Å². The van der Waals surface area contributed by atoms with Crippen LogP contribution in [-0.4, -0.2) is 29.8 Å². The molecule has 1 aliphatic rings. The summed E-state index contributed by atoms with van der Waals surface area (Å²) in [6, 6.07) is 0. The number of hydrogen-bond donors (Lipinski definition) is 2. The summed E-state index contributed by atoms with van der Waals surface area (Å²) in [6.07, 6.45) is 5.15. The lowest BCUT2D eigenvalue weighted by molar-refractivity contribution is 0.300. The molecular weight excluding hydrogens is 196 g/mol. The van der Waals surface area contributed by atoms with Gasteiger partial charge in [-0.3, -0.25) is 0 Å². The van der Waals surface area contributed by atoms with Gasteiger partial charge in [-0.2, -0.15) is 0 Å². The third kappa shape index (κ3) is 2.32. The maximum Gasteiger partial charge on any atom is 0.0971 e. The van der Waals surface area contributed by atoms with Crippen molar-refractivity contribution in [2.75, 3.05) is 19.7 Å². The number of aromatic nitrogens is 1. The van der Waals surface area contributed by atoms with Gasteiger partial charge in [-0.15, -0.1) is 11.3 Å². The molecule has 1 unspecified atom stereocenters. The van der Waals surface area contributed by atoms with Gasteiger partial charge in [0.2, 0.25) is 0 Å². The first-order valence-electron chi connectivity index (χ1n) is 5.16. The van der Waals surface area contributed by atoms with Gasteiger partial charge in [0.1, 0.15) is 0 Å². The first kappa shape index (κ1) is 10.1. The fourth-order valence-corrected chi connectivity index (χ4v) is 2.84. The predicted octanol–water partition coefficient (Wildman–Crippen LogP) is 1.14. The minimum Gasteiger partial charge on any atom is -0.396 e. The molecule has 0 aliphatic carbocycles. The third-order valence-corrected chi connectivity index (χ3v) is 3.80. The molecule has 78 valence electrons. The lowest BCUT2D eigenvalue weighted by atomic mass is 10.0. The average molecular weight is 212 g/mol. The van der Waals surface area contributed by atoms with Gasteiger partial charge < -0.3 is 10.4 Å². The summed E-state index contributed by atoms with van der Waals surface area (Å²) in [5.74, 6) is 0.598. The molecule has 3 nitrogen and oxygen atoms in total. The summed E-state index contributed by atoms with van der Waals surface area (Å²) in [6.45, 7) is 2.43. The molecule has 14 heavy (non-hydrogen) atoms. The van der Waals surface area contributed by atoms with E-state index >= 15 is 0 Å². The molecule has 0 spiro atoms. The molecule has 1 aliphatic heterocycles. The SMILES string of the molecule is OCCc1cnc(C2CCCNC2)s1. The first-order chi connectivity index (χ1) is 6.90. The Kier molecular flexibility index (Phi) is 3.50. The van der Waals surface area contributed by atoms with Gasteiger partial charge in [-0.05, 0) is 19.4 Å². The quantitative estimate of drug-likeness (QED) is 0.790. The number of hydrogen-bond acceptors (Lipinski definition) is 4. The second-order valence-corrected chi connectivity index (χ2v) is 4.83. The number of nitrogens with zero attached hydrogens (tertiary/aromatic N) is 1. The van der Waals surface area contributed by atoms with Crippen molar-refractivity contribution in [1.29, 1.82) is 0 Å². The zero-order valence-corrected chi connectivity index (χ0v) is 9.02. The van der Waals surface area contributed by atoms with Gasteiger partial charge >= 0.3 is 0 Å². The average Bonchev–Trinajstić information content (AvgIpc) is 2.68. The molecule has 2 heterocycles. The van der Waals surface area contributed by atoms with Crippen LogP contribution in [0.3, 0.4) is 0 Å². The maximum atomic E-state index is 8.81. The van der Waals surface area contributed by atoms with Crippen molar-refractivity contribution in [3.8, 4) is 0 Å². The molecule has 1 saturated heterocycles. The van der Waals surface area contributed by atoms with Crippen molar-refractivity contribution in [1.82, 2.24) is 10.3 Å². The Morgan fingerprint density at radius 2 is 2.57 bits per heavy atom. The third-order valence-electron chi connectivity index (χ3n) is 2.58. The lowest BCUT2D eigenvalue weighted by Crippen LogP contribution is -2.28. The van der Waals surface area contributed by atoms with Crippen LogP contribution in [0.5, 0.6) is 0 Å². The molecule has 2 N–H and O–H groups in total. The molecule has 4 heteroatoms. The Bertz CT molecular complexity index is 281. The van der Waals surface area contributed by atoms with Crippen LogP contribution in [0, 0.1) is 0 Å². The first-order valence-corrected chi connectivity index (χ1v) is 5.98. The van der Waals surface area contributed by atoms with Crippen LogP contribution in [0.1, 0.15) is 28.6 Å². The molecule has 1 atom stereocenters. The highest BCUT2D eigenvalue weighted by molar-refractivity contribution is 7.11. The second kappa shape index (κ2) is 4.87. The molecule has 2 rings (SSSR count). The number of aliphatic hydroxyl groups is 1. The molecule has 0 saturated carbocycles. The molecule has 0 amide bonds. The van der Waals surface area contributed by atoms with Crippen LogP contribution in [0.15, 0.2) is 6.20 Å². The van der Waals surface area contributed by atoms with Crippen molar-refractivity contribution >= 4 is 11.3 Å². The summed E-state index contributed by atoms with van der Waals surface area (Å²) < 4.78 is 0. The zero-order chi connectivity index (χ0) is 9.80. The van der Waals surface area contributed by atoms with Crippen LogP contribution in [0.4, 0.5) is 0 Å². The van der Waals surface area contributed by atoms with Crippen molar-refractivity contribution < 1.29 is 5.11 Å². The van der Waals surface area contributed by atoms with Crippen molar-refractivity contribution in [2.24, 2.45) is 0 Å². The number of aliphatic hydroxyl groups excluding tert-OH is 1. The summed E-state index contributed by atoms with van der Waals surface area (Å²) in [5.41, 5.74) is 0. The summed E-state index contributed by atoms with van der Waals surface area (Å²) in [5, 5.41) is 13.4. The fourth-order valence-electron chi connectivity index (χ4n) is 1.80. The van der Waals surface area contributed by atoms with E-state index in [9.17, 15) is 0 Å². The largest absolute Gasteiger partial charge is 0.396 e. The standard InChI is InChI=1S/C10H16N2OS/c13-5-3-9-7-12-10(14-9)8-2-1-4-11-6-8/h7-8,11,13H,1-6H2. The molecule has 0 radical (unpaired) electrons. The molecule has 1 fully saturated rings. The van der Waals surface area contributed by atoms with Gasteiger partial charge in [0.05, 0.1) is 5.01 Å². The number of rotatable bonds is 3. The summed E-state index contributed by atoms with van der Waals surface area (Å²) in [4.78, 5) is 5.63. The van der Waals surface area contributed by atoms with Crippen LogP contribution < -0.4 is 5.32 Å². The Hall–Kier alpha value is -0.450. The van der Waals surface area contributed by atoms with E-state index in [1.807, 2.05) is 6.20 Å². The van der Waals surface area contributed by atoms with E-state index in [0.29, 0.717) is 5.92 Å². The van der Waals surface area contributed by atoms with Crippen LogP contribution >= 0.6 is 11.3 Å². The minimum absolute atomic E-state index is 0.227. The van der Waals surface area contributed by atoms with Crippen LogP contribution in [0.2, 0.25) is 0 Å². The van der Waals surface area contributed by atoms with Gasteiger partial charge in [-0.25, -0.2) is 4.98 Å². The second-order valence-electron chi connectivity index (χ2n) is 3.68. The van der Waals surface area contributed by atoms with Gasteiger partial charge in [0.25, 0.3) is 0 Å². The monoisotopic (exact) mass is 212 g/mol. The minimum atomic E-state index is 0.227. The van der Waals surface area contributed by atoms with Crippen molar-refractivity contribution in [2.45, 2.75) is 25.2 Å². The smallest absolute Gasteiger partial charge is 0.0971 e. The van der Waals surface area contributed by atoms with E-state index in [1.165, 1.54) is 22.7 Å². The highest BCUT2D eigenvalue weighted by atomic mass is 32.1. The van der Waals surface area contributed by atoms with E-state index in [-0.39, 0.29) is 6.61 Å². The van der Waals surface area contributed by atoms with Crippen molar-refractivity contribution in [3.63, 3.8) is 0 Å². The summed E-state index contributed by atoms with van der Waals surface area (Å²) in [7, 11) is 0. The van der Waals surface area contributed by atoms with Gasteiger partial charge in [0, 0.05) is 36.6 Å². The Morgan fingerprint density at radius 3 is 3.29 bits per heavy atom. The predicted molar refractivity (Wildman–Crippen MR) is 57.7 cm³/mol. The van der Waals surface area contributed by atoms with E-state index in [2.05, 4.69) is 10.3 Å². The number of nitrogens with one attached hydrogen (secondary N) is 1. The molecular formula is C10H16N2OS. The van der Waals surface area contributed by atoms with Gasteiger partial charge in [-0.1, -0.05) is 0 Å². The highest BCUT2D eigenvalue weighted by Gasteiger charge is 2.17.